The lowest BCUT2D eigenvalue weighted by molar-refractivity contribution is -0.132. The molecule has 2 heterocycles. The number of carbonyl (C=O) groups is 2. The summed E-state index contributed by atoms with van der Waals surface area (Å²) in [5.41, 5.74) is 3.27. The first-order chi connectivity index (χ1) is 21.8. The number of anilines is 1. The summed E-state index contributed by atoms with van der Waals surface area (Å²) in [5.74, 6) is 0.00645. The van der Waals surface area contributed by atoms with Gasteiger partial charge in [-0.05, 0) is 53.3 Å². The molecule has 0 spiro atoms. The third-order valence-corrected chi connectivity index (χ3v) is 9.84. The van der Waals surface area contributed by atoms with Crippen molar-refractivity contribution in [2.24, 2.45) is 5.92 Å². The Bertz CT molecular complexity index is 1890. The molecule has 1 N–H and O–H groups in total. The van der Waals surface area contributed by atoms with E-state index in [2.05, 4.69) is 48.3 Å². The standard InChI is InChI=1S/C36H33N3O4S2/c1-22(2)18-19-43-28-12-7-10-26(20-28)31-30(32(40)25-16-14-23(3)15-17-25)33(41)34(42)39(31)35-37-38-36(45-35)44-21-27-11-6-9-24-8-4-5-13-29(24)27/h4-17,20,22,31,40H,18-19,21H2,1-3H3. The zero-order chi connectivity index (χ0) is 31.5. The molecule has 1 aliphatic heterocycles. The lowest BCUT2D eigenvalue weighted by Crippen LogP contribution is -2.29. The molecule has 0 saturated carbocycles. The molecule has 0 bridgehead atoms. The molecule has 1 saturated heterocycles. The van der Waals surface area contributed by atoms with Gasteiger partial charge >= 0.3 is 5.91 Å². The van der Waals surface area contributed by atoms with Crippen LogP contribution in [-0.4, -0.2) is 33.6 Å². The number of aliphatic hydroxyl groups is 1. The first-order valence-electron chi connectivity index (χ1n) is 14.8. The summed E-state index contributed by atoms with van der Waals surface area (Å²) >= 11 is 2.78. The van der Waals surface area contributed by atoms with Gasteiger partial charge < -0.3 is 9.84 Å². The van der Waals surface area contributed by atoms with Gasteiger partial charge in [0.15, 0.2) is 4.34 Å². The van der Waals surface area contributed by atoms with Crippen LogP contribution in [0.1, 0.15) is 48.6 Å². The van der Waals surface area contributed by atoms with Crippen molar-refractivity contribution in [3.63, 3.8) is 0 Å². The number of nitrogens with zero attached hydrogens (tertiary/aromatic N) is 3. The van der Waals surface area contributed by atoms with Gasteiger partial charge in [-0.1, -0.05) is 121 Å². The summed E-state index contributed by atoms with van der Waals surface area (Å²) < 4.78 is 6.69. The molecule has 5 aromatic rings. The number of Topliss-reactive ketones (excluding diaryl/α,β-unsaturated/α-hetero) is 1. The van der Waals surface area contributed by atoms with E-state index in [9.17, 15) is 14.7 Å². The molecule has 4 aromatic carbocycles. The van der Waals surface area contributed by atoms with E-state index in [1.165, 1.54) is 44.3 Å². The van der Waals surface area contributed by atoms with Crippen LogP contribution in [0.4, 0.5) is 5.13 Å². The molecule has 0 radical (unpaired) electrons. The summed E-state index contributed by atoms with van der Waals surface area (Å²) in [7, 11) is 0. The third kappa shape index (κ3) is 6.50. The predicted octanol–water partition coefficient (Wildman–Crippen LogP) is 8.34. The number of thioether (sulfide) groups is 1. The van der Waals surface area contributed by atoms with E-state index in [1.54, 1.807) is 12.1 Å². The van der Waals surface area contributed by atoms with E-state index in [0.29, 0.717) is 39.5 Å². The van der Waals surface area contributed by atoms with Gasteiger partial charge in [-0.2, -0.15) is 0 Å². The first-order valence-corrected chi connectivity index (χ1v) is 16.6. The van der Waals surface area contributed by atoms with Crippen molar-refractivity contribution in [1.82, 2.24) is 10.2 Å². The van der Waals surface area contributed by atoms with Crippen molar-refractivity contribution < 1.29 is 19.4 Å². The minimum absolute atomic E-state index is 0.00309. The molecule has 228 valence electrons. The van der Waals surface area contributed by atoms with Gasteiger partial charge in [0.1, 0.15) is 11.5 Å². The maximum absolute atomic E-state index is 13.7. The Kier molecular flexibility index (Phi) is 9.00. The fourth-order valence-corrected chi connectivity index (χ4v) is 7.19. The summed E-state index contributed by atoms with van der Waals surface area (Å²) in [6.07, 6.45) is 0.889. The van der Waals surface area contributed by atoms with Crippen molar-refractivity contribution >= 4 is 56.5 Å². The molecule has 6 rings (SSSR count). The SMILES string of the molecule is Cc1ccc(C(O)=C2C(=O)C(=O)N(c3nnc(SCc4cccc5ccccc45)s3)C2c2cccc(OCCC(C)C)c2)cc1. The van der Waals surface area contributed by atoms with Crippen LogP contribution in [0.5, 0.6) is 5.75 Å². The topological polar surface area (TPSA) is 92.6 Å². The smallest absolute Gasteiger partial charge is 0.301 e. The highest BCUT2D eigenvalue weighted by atomic mass is 32.2. The fourth-order valence-electron chi connectivity index (χ4n) is 5.32. The highest BCUT2D eigenvalue weighted by Gasteiger charge is 2.48. The number of hydrogen-bond donors (Lipinski definition) is 1. The van der Waals surface area contributed by atoms with Gasteiger partial charge in [-0.3, -0.25) is 14.5 Å². The Morgan fingerprint density at radius 2 is 1.73 bits per heavy atom. The number of benzene rings is 4. The number of carbonyl (C=O) groups excluding carboxylic acids is 2. The molecular weight excluding hydrogens is 603 g/mol. The fraction of sp³-hybridized carbons (Fsp3) is 0.222. The van der Waals surface area contributed by atoms with Crippen LogP contribution in [0.3, 0.4) is 0 Å². The number of hydrogen-bond acceptors (Lipinski definition) is 8. The third-order valence-electron chi connectivity index (χ3n) is 7.74. The number of ketones is 1. The van der Waals surface area contributed by atoms with Crippen LogP contribution in [0.15, 0.2) is 101 Å². The molecule has 9 heteroatoms. The van der Waals surface area contributed by atoms with Gasteiger partial charge in [0.05, 0.1) is 18.2 Å². The summed E-state index contributed by atoms with van der Waals surface area (Å²) in [6, 6.07) is 28.1. The summed E-state index contributed by atoms with van der Waals surface area (Å²) in [4.78, 5) is 28.7. The summed E-state index contributed by atoms with van der Waals surface area (Å²) in [5, 5.41) is 22.9. The minimum atomic E-state index is -0.913. The number of fused-ring (bicyclic) bond motifs is 1. The van der Waals surface area contributed by atoms with Crippen LogP contribution in [0.25, 0.3) is 16.5 Å². The van der Waals surface area contributed by atoms with Crippen LogP contribution in [0.2, 0.25) is 0 Å². The monoisotopic (exact) mass is 635 g/mol. The normalized spacial score (nSPS) is 16.2. The average Bonchev–Trinajstić information content (AvgIpc) is 3.61. The number of aliphatic hydroxyl groups excluding tert-OH is 1. The molecular formula is C36H33N3O4S2. The van der Waals surface area contributed by atoms with Crippen LogP contribution in [0, 0.1) is 12.8 Å². The van der Waals surface area contributed by atoms with Crippen molar-refractivity contribution in [3.8, 4) is 5.75 Å². The van der Waals surface area contributed by atoms with Crippen molar-refractivity contribution in [2.45, 2.75) is 43.3 Å². The molecule has 1 aromatic heterocycles. The number of aromatic nitrogens is 2. The van der Waals surface area contributed by atoms with E-state index in [0.717, 1.165) is 12.0 Å². The number of amides is 1. The first kappa shape index (κ1) is 30.6. The number of ether oxygens (including phenoxy) is 1. The Hall–Kier alpha value is -4.47. The maximum atomic E-state index is 13.7. The van der Waals surface area contributed by atoms with Crippen molar-refractivity contribution in [1.29, 1.82) is 0 Å². The lowest BCUT2D eigenvalue weighted by Gasteiger charge is -2.23. The Balaban J connectivity index is 1.36. The Morgan fingerprint density at radius 3 is 2.53 bits per heavy atom. The largest absolute Gasteiger partial charge is 0.507 e. The van der Waals surface area contributed by atoms with Gasteiger partial charge in [-0.15, -0.1) is 10.2 Å². The number of rotatable bonds is 10. The highest BCUT2D eigenvalue weighted by Crippen LogP contribution is 2.44. The molecule has 1 amide bonds. The second-order valence-electron chi connectivity index (χ2n) is 11.4. The summed E-state index contributed by atoms with van der Waals surface area (Å²) in [6.45, 7) is 6.75. The van der Waals surface area contributed by atoms with E-state index in [-0.39, 0.29) is 16.5 Å². The lowest BCUT2D eigenvalue weighted by atomic mass is 9.95. The Morgan fingerprint density at radius 1 is 0.978 bits per heavy atom. The molecule has 1 aliphatic rings. The zero-order valence-corrected chi connectivity index (χ0v) is 26.9. The van der Waals surface area contributed by atoms with Crippen LogP contribution in [-0.2, 0) is 15.3 Å². The van der Waals surface area contributed by atoms with E-state index < -0.39 is 17.7 Å². The van der Waals surface area contributed by atoms with E-state index >= 15 is 0 Å². The van der Waals surface area contributed by atoms with Gasteiger partial charge in [0, 0.05) is 11.3 Å². The van der Waals surface area contributed by atoms with Crippen molar-refractivity contribution in [2.75, 3.05) is 11.5 Å². The molecule has 1 fully saturated rings. The molecule has 1 atom stereocenters. The van der Waals surface area contributed by atoms with Crippen LogP contribution >= 0.6 is 23.1 Å². The minimum Gasteiger partial charge on any atom is -0.507 e. The predicted molar refractivity (Wildman–Crippen MR) is 181 cm³/mol. The Labute approximate surface area is 270 Å². The van der Waals surface area contributed by atoms with Crippen LogP contribution < -0.4 is 9.64 Å². The molecule has 45 heavy (non-hydrogen) atoms. The second-order valence-corrected chi connectivity index (χ2v) is 13.6. The molecule has 1 unspecified atom stereocenters. The average molecular weight is 636 g/mol. The molecule has 7 nitrogen and oxygen atoms in total. The van der Waals surface area contributed by atoms with E-state index in [1.807, 2.05) is 61.5 Å². The van der Waals surface area contributed by atoms with Gasteiger partial charge in [0.2, 0.25) is 5.13 Å². The van der Waals surface area contributed by atoms with Crippen molar-refractivity contribution in [3.05, 3.63) is 119 Å². The second kappa shape index (κ2) is 13.3. The van der Waals surface area contributed by atoms with Gasteiger partial charge in [-0.25, -0.2) is 0 Å². The van der Waals surface area contributed by atoms with Gasteiger partial charge in [0.25, 0.3) is 5.78 Å². The number of aryl methyl sites for hydroxylation is 1. The zero-order valence-electron chi connectivity index (χ0n) is 25.3. The highest BCUT2D eigenvalue weighted by molar-refractivity contribution is 8.00. The quantitative estimate of drug-likeness (QED) is 0.0542. The molecule has 0 aliphatic carbocycles. The van der Waals surface area contributed by atoms with E-state index in [4.69, 9.17) is 4.74 Å². The maximum Gasteiger partial charge on any atom is 0.301 e.